The van der Waals surface area contributed by atoms with Crippen molar-refractivity contribution in [3.05, 3.63) is 76.4 Å². The maximum atomic E-state index is 12.3. The molecule has 2 heterocycles. The predicted octanol–water partition coefficient (Wildman–Crippen LogP) is 4.56. The monoisotopic (exact) mass is 351 g/mol. The molecule has 4 nitrogen and oxygen atoms in total. The van der Waals surface area contributed by atoms with Gasteiger partial charge in [0.2, 0.25) is 5.91 Å². The van der Waals surface area contributed by atoms with E-state index >= 15 is 0 Å². The van der Waals surface area contributed by atoms with Crippen LogP contribution < -0.4 is 5.32 Å². The summed E-state index contributed by atoms with van der Waals surface area (Å²) >= 11 is 6.10. The minimum absolute atomic E-state index is 0.000783. The molecule has 5 heteroatoms. The molecule has 0 saturated heterocycles. The highest BCUT2D eigenvalue weighted by Gasteiger charge is 2.30. The van der Waals surface area contributed by atoms with E-state index in [-0.39, 0.29) is 11.8 Å². The Morgan fingerprint density at radius 2 is 2.04 bits per heavy atom. The SMILES string of the molecule is CCc1ccc([C@@H]2CC(=O)Nc3c2cnn3-c2cccc(Cl)c2)cc1. The zero-order valence-electron chi connectivity index (χ0n) is 13.9. The molecule has 0 fully saturated rings. The maximum Gasteiger partial charge on any atom is 0.226 e. The Bertz CT molecular complexity index is 930. The van der Waals surface area contributed by atoms with Crippen molar-refractivity contribution in [2.24, 2.45) is 0 Å². The molecule has 1 aliphatic heterocycles. The normalized spacial score (nSPS) is 16.4. The molecule has 2 aromatic carbocycles. The van der Waals surface area contributed by atoms with Gasteiger partial charge in [-0.25, -0.2) is 4.68 Å². The van der Waals surface area contributed by atoms with Crippen LogP contribution in [0.4, 0.5) is 5.82 Å². The van der Waals surface area contributed by atoms with Gasteiger partial charge >= 0.3 is 0 Å². The quantitative estimate of drug-likeness (QED) is 0.751. The van der Waals surface area contributed by atoms with Crippen molar-refractivity contribution in [2.75, 3.05) is 5.32 Å². The highest BCUT2D eigenvalue weighted by molar-refractivity contribution is 6.30. The van der Waals surface area contributed by atoms with Gasteiger partial charge in [0.25, 0.3) is 0 Å². The summed E-state index contributed by atoms with van der Waals surface area (Å²) in [6.45, 7) is 2.14. The number of fused-ring (bicyclic) bond motifs is 1. The first-order chi connectivity index (χ1) is 12.2. The van der Waals surface area contributed by atoms with Gasteiger partial charge in [-0.2, -0.15) is 5.10 Å². The van der Waals surface area contributed by atoms with Crippen molar-refractivity contribution >= 4 is 23.3 Å². The first-order valence-corrected chi connectivity index (χ1v) is 8.76. The number of aryl methyl sites for hydroxylation is 1. The van der Waals surface area contributed by atoms with E-state index in [0.29, 0.717) is 11.4 Å². The first kappa shape index (κ1) is 15.9. The van der Waals surface area contributed by atoms with E-state index in [4.69, 9.17) is 11.6 Å². The van der Waals surface area contributed by atoms with Crippen LogP contribution in [0.2, 0.25) is 5.02 Å². The van der Waals surface area contributed by atoms with E-state index in [1.807, 2.05) is 30.5 Å². The average molecular weight is 352 g/mol. The minimum Gasteiger partial charge on any atom is -0.310 e. The molecule has 0 radical (unpaired) electrons. The number of nitrogens with zero attached hydrogens (tertiary/aromatic N) is 2. The molecule has 1 N–H and O–H groups in total. The molecule has 25 heavy (non-hydrogen) atoms. The van der Waals surface area contributed by atoms with Crippen molar-refractivity contribution in [3.8, 4) is 5.69 Å². The number of hydrogen-bond donors (Lipinski definition) is 1. The Morgan fingerprint density at radius 3 is 2.76 bits per heavy atom. The van der Waals surface area contributed by atoms with Crippen LogP contribution in [0.15, 0.2) is 54.7 Å². The molecule has 0 spiro atoms. The standard InChI is InChI=1S/C20H18ClN3O/c1-2-13-6-8-14(9-7-13)17-11-19(25)23-20-18(17)12-22-24(20)16-5-3-4-15(21)10-16/h3-10,12,17H,2,11H2,1H3,(H,23,25)/t17-/m0/s1. The van der Waals surface area contributed by atoms with Gasteiger partial charge in [-0.1, -0.05) is 48.9 Å². The molecule has 3 aromatic rings. The zero-order chi connectivity index (χ0) is 17.4. The molecular formula is C20H18ClN3O. The molecule has 126 valence electrons. The number of aromatic nitrogens is 2. The van der Waals surface area contributed by atoms with E-state index in [0.717, 1.165) is 29.1 Å². The fourth-order valence-corrected chi connectivity index (χ4v) is 3.49. The Balaban J connectivity index is 1.78. The van der Waals surface area contributed by atoms with E-state index in [9.17, 15) is 4.79 Å². The lowest BCUT2D eigenvalue weighted by atomic mass is 9.87. The molecule has 0 bridgehead atoms. The smallest absolute Gasteiger partial charge is 0.226 e. The summed E-state index contributed by atoms with van der Waals surface area (Å²) in [4.78, 5) is 12.3. The van der Waals surface area contributed by atoms with Crippen molar-refractivity contribution in [1.29, 1.82) is 0 Å². The number of hydrogen-bond acceptors (Lipinski definition) is 2. The molecule has 1 atom stereocenters. The summed E-state index contributed by atoms with van der Waals surface area (Å²) in [6.07, 6.45) is 3.27. The third kappa shape index (κ3) is 2.94. The van der Waals surface area contributed by atoms with Gasteiger partial charge in [-0.15, -0.1) is 0 Å². The van der Waals surface area contributed by atoms with Crippen LogP contribution in [-0.2, 0) is 11.2 Å². The van der Waals surface area contributed by atoms with Gasteiger partial charge in [0.05, 0.1) is 11.9 Å². The number of benzene rings is 2. The molecule has 0 unspecified atom stereocenters. The Labute approximate surface area is 151 Å². The van der Waals surface area contributed by atoms with Crippen LogP contribution in [0.3, 0.4) is 0 Å². The second-order valence-corrected chi connectivity index (χ2v) is 6.68. The summed E-state index contributed by atoms with van der Waals surface area (Å²) < 4.78 is 1.74. The molecule has 0 saturated carbocycles. The lowest BCUT2D eigenvalue weighted by Crippen LogP contribution is -2.24. The second kappa shape index (κ2) is 6.37. The summed E-state index contributed by atoms with van der Waals surface area (Å²) in [7, 11) is 0. The number of anilines is 1. The van der Waals surface area contributed by atoms with Gasteiger partial charge < -0.3 is 5.32 Å². The van der Waals surface area contributed by atoms with Crippen LogP contribution >= 0.6 is 11.6 Å². The lowest BCUT2D eigenvalue weighted by molar-refractivity contribution is -0.116. The van der Waals surface area contributed by atoms with Crippen LogP contribution in [-0.4, -0.2) is 15.7 Å². The third-order valence-corrected chi connectivity index (χ3v) is 4.90. The Hall–Kier alpha value is -2.59. The van der Waals surface area contributed by atoms with Crippen molar-refractivity contribution in [2.45, 2.75) is 25.7 Å². The number of carbonyl (C=O) groups is 1. The van der Waals surface area contributed by atoms with E-state index < -0.39 is 0 Å². The Morgan fingerprint density at radius 1 is 1.24 bits per heavy atom. The molecule has 4 rings (SSSR count). The topological polar surface area (TPSA) is 46.9 Å². The van der Waals surface area contributed by atoms with Gasteiger partial charge in [0.15, 0.2) is 0 Å². The van der Waals surface area contributed by atoms with Crippen LogP contribution in [0.5, 0.6) is 0 Å². The summed E-state index contributed by atoms with van der Waals surface area (Å²) in [5.74, 6) is 0.742. The van der Waals surface area contributed by atoms with Crippen LogP contribution in [0.1, 0.15) is 36.0 Å². The minimum atomic E-state index is 0.000783. The highest BCUT2D eigenvalue weighted by Crippen LogP contribution is 2.38. The molecule has 0 aliphatic carbocycles. The molecule has 1 amide bonds. The number of nitrogens with one attached hydrogen (secondary N) is 1. The van der Waals surface area contributed by atoms with Gasteiger partial charge in [-0.05, 0) is 35.7 Å². The number of carbonyl (C=O) groups excluding carboxylic acids is 1. The fraction of sp³-hybridized carbons (Fsp3) is 0.200. The lowest BCUT2D eigenvalue weighted by Gasteiger charge is -2.24. The maximum absolute atomic E-state index is 12.3. The van der Waals surface area contributed by atoms with Crippen LogP contribution in [0.25, 0.3) is 5.69 Å². The summed E-state index contributed by atoms with van der Waals surface area (Å²) in [6, 6.07) is 15.9. The molecular weight excluding hydrogens is 334 g/mol. The van der Waals surface area contributed by atoms with Gasteiger partial charge in [0, 0.05) is 22.9 Å². The summed E-state index contributed by atoms with van der Waals surface area (Å²) in [5, 5.41) is 8.10. The van der Waals surface area contributed by atoms with Crippen molar-refractivity contribution in [3.63, 3.8) is 0 Å². The fourth-order valence-electron chi connectivity index (χ4n) is 3.31. The number of amides is 1. The number of halogens is 1. The Kier molecular flexibility index (Phi) is 4.06. The van der Waals surface area contributed by atoms with Crippen molar-refractivity contribution in [1.82, 2.24) is 9.78 Å². The predicted molar refractivity (Wildman–Crippen MR) is 99.5 cm³/mol. The largest absolute Gasteiger partial charge is 0.310 e. The van der Waals surface area contributed by atoms with E-state index in [2.05, 4.69) is 41.6 Å². The van der Waals surface area contributed by atoms with E-state index in [1.54, 1.807) is 4.68 Å². The summed E-state index contributed by atoms with van der Waals surface area (Å²) in [5.41, 5.74) is 4.29. The molecule has 1 aromatic heterocycles. The average Bonchev–Trinajstić information content (AvgIpc) is 3.05. The van der Waals surface area contributed by atoms with E-state index in [1.165, 1.54) is 5.56 Å². The molecule has 1 aliphatic rings. The highest BCUT2D eigenvalue weighted by atomic mass is 35.5. The van der Waals surface area contributed by atoms with Crippen molar-refractivity contribution < 1.29 is 4.79 Å². The van der Waals surface area contributed by atoms with Gasteiger partial charge in [-0.3, -0.25) is 4.79 Å². The van der Waals surface area contributed by atoms with Crippen LogP contribution in [0, 0.1) is 0 Å². The first-order valence-electron chi connectivity index (χ1n) is 8.38. The zero-order valence-corrected chi connectivity index (χ0v) is 14.6. The number of rotatable bonds is 3. The second-order valence-electron chi connectivity index (χ2n) is 6.24. The third-order valence-electron chi connectivity index (χ3n) is 4.66. The van der Waals surface area contributed by atoms with Gasteiger partial charge in [0.1, 0.15) is 5.82 Å².